The van der Waals surface area contributed by atoms with E-state index in [1.54, 1.807) is 4.68 Å². The molecule has 0 aliphatic rings. The summed E-state index contributed by atoms with van der Waals surface area (Å²) in [4.78, 5) is 25.2. The van der Waals surface area contributed by atoms with E-state index in [1.807, 2.05) is 52.0 Å². The third-order valence-electron chi connectivity index (χ3n) is 3.69. The number of carboxylic acid groups (broad SMARTS) is 1. The standard InChI is InChI=1S/C18H23N3O3/c1-12(2)10-20(11-17(22)23)18(24)16-9-19-21(14(16)4)15-7-5-6-13(3)8-15/h5-9,12H,10-11H2,1-4H3,(H,22,23). The molecular weight excluding hydrogens is 306 g/mol. The van der Waals surface area contributed by atoms with Crippen LogP contribution in [0.4, 0.5) is 0 Å². The minimum Gasteiger partial charge on any atom is -0.480 e. The van der Waals surface area contributed by atoms with Gasteiger partial charge in [-0.2, -0.15) is 5.10 Å². The van der Waals surface area contributed by atoms with Crippen LogP contribution in [-0.4, -0.2) is 44.8 Å². The van der Waals surface area contributed by atoms with Gasteiger partial charge in [-0.15, -0.1) is 0 Å². The highest BCUT2D eigenvalue weighted by atomic mass is 16.4. The van der Waals surface area contributed by atoms with E-state index in [4.69, 9.17) is 5.11 Å². The van der Waals surface area contributed by atoms with E-state index in [1.165, 1.54) is 11.1 Å². The molecule has 0 bridgehead atoms. The van der Waals surface area contributed by atoms with E-state index in [0.29, 0.717) is 17.8 Å². The molecule has 0 aliphatic heterocycles. The summed E-state index contributed by atoms with van der Waals surface area (Å²) in [6.45, 7) is 7.78. The molecule has 24 heavy (non-hydrogen) atoms. The molecule has 2 aromatic rings. The molecule has 6 nitrogen and oxygen atoms in total. The molecular formula is C18H23N3O3. The summed E-state index contributed by atoms with van der Waals surface area (Å²) in [5, 5.41) is 13.4. The third kappa shape index (κ3) is 4.01. The topological polar surface area (TPSA) is 75.4 Å². The molecule has 0 aliphatic carbocycles. The molecule has 1 aromatic heterocycles. The second kappa shape index (κ2) is 7.29. The molecule has 0 saturated carbocycles. The number of hydrogen-bond donors (Lipinski definition) is 1. The molecule has 0 spiro atoms. The first-order valence-corrected chi connectivity index (χ1v) is 7.92. The Labute approximate surface area is 141 Å². The molecule has 0 atom stereocenters. The number of nitrogens with zero attached hydrogens (tertiary/aromatic N) is 3. The third-order valence-corrected chi connectivity index (χ3v) is 3.69. The average Bonchev–Trinajstić information content (AvgIpc) is 2.86. The minimum atomic E-state index is -1.02. The predicted octanol–water partition coefficient (Wildman–Crippen LogP) is 2.67. The minimum absolute atomic E-state index is 0.181. The number of aryl methyl sites for hydroxylation is 1. The zero-order chi connectivity index (χ0) is 17.9. The van der Waals surface area contributed by atoms with Crippen LogP contribution in [0.1, 0.15) is 35.5 Å². The van der Waals surface area contributed by atoms with Crippen molar-refractivity contribution in [1.82, 2.24) is 14.7 Å². The summed E-state index contributed by atoms with van der Waals surface area (Å²) in [7, 11) is 0. The van der Waals surface area contributed by atoms with Crippen molar-refractivity contribution >= 4 is 11.9 Å². The van der Waals surface area contributed by atoms with Crippen LogP contribution in [-0.2, 0) is 4.79 Å². The van der Waals surface area contributed by atoms with Crippen molar-refractivity contribution in [2.24, 2.45) is 5.92 Å². The van der Waals surface area contributed by atoms with Crippen LogP contribution in [0.3, 0.4) is 0 Å². The van der Waals surface area contributed by atoms with Gasteiger partial charge in [0, 0.05) is 6.54 Å². The second-order valence-corrected chi connectivity index (χ2v) is 6.37. The van der Waals surface area contributed by atoms with Gasteiger partial charge in [0.05, 0.1) is 23.1 Å². The molecule has 0 radical (unpaired) electrons. The van der Waals surface area contributed by atoms with Crippen molar-refractivity contribution < 1.29 is 14.7 Å². The van der Waals surface area contributed by atoms with Crippen LogP contribution in [0.5, 0.6) is 0 Å². The maximum absolute atomic E-state index is 12.8. The van der Waals surface area contributed by atoms with Gasteiger partial charge in [-0.1, -0.05) is 26.0 Å². The zero-order valence-corrected chi connectivity index (χ0v) is 14.5. The van der Waals surface area contributed by atoms with Gasteiger partial charge < -0.3 is 10.0 Å². The van der Waals surface area contributed by atoms with Gasteiger partial charge in [0.15, 0.2) is 0 Å². The van der Waals surface area contributed by atoms with Crippen molar-refractivity contribution in [3.8, 4) is 5.69 Å². The maximum Gasteiger partial charge on any atom is 0.323 e. The normalized spacial score (nSPS) is 10.9. The molecule has 1 N–H and O–H groups in total. The fourth-order valence-electron chi connectivity index (χ4n) is 2.63. The highest BCUT2D eigenvalue weighted by Gasteiger charge is 2.23. The molecule has 1 amide bonds. The number of aliphatic carboxylic acids is 1. The molecule has 128 valence electrons. The molecule has 1 heterocycles. The van der Waals surface area contributed by atoms with Gasteiger partial charge in [0.1, 0.15) is 6.54 Å². The highest BCUT2D eigenvalue weighted by molar-refractivity contribution is 5.96. The largest absolute Gasteiger partial charge is 0.480 e. The number of aromatic nitrogens is 2. The number of amides is 1. The van der Waals surface area contributed by atoms with Crippen LogP contribution in [0, 0.1) is 19.8 Å². The van der Waals surface area contributed by atoms with Crippen molar-refractivity contribution in [3.63, 3.8) is 0 Å². The lowest BCUT2D eigenvalue weighted by Crippen LogP contribution is -2.38. The fourth-order valence-corrected chi connectivity index (χ4v) is 2.63. The van der Waals surface area contributed by atoms with E-state index in [2.05, 4.69) is 5.10 Å². The van der Waals surface area contributed by atoms with Gasteiger partial charge in [-0.3, -0.25) is 9.59 Å². The van der Waals surface area contributed by atoms with E-state index < -0.39 is 5.97 Å². The Morgan fingerprint density at radius 3 is 2.58 bits per heavy atom. The van der Waals surface area contributed by atoms with Crippen LogP contribution in [0.2, 0.25) is 0 Å². The Morgan fingerprint density at radius 1 is 1.29 bits per heavy atom. The van der Waals surface area contributed by atoms with Crippen molar-refractivity contribution in [1.29, 1.82) is 0 Å². The Kier molecular flexibility index (Phi) is 5.39. The first-order chi connectivity index (χ1) is 11.3. The van der Waals surface area contributed by atoms with Gasteiger partial charge in [-0.05, 0) is 37.5 Å². The molecule has 0 fully saturated rings. The van der Waals surface area contributed by atoms with E-state index >= 15 is 0 Å². The predicted molar refractivity (Wildman–Crippen MR) is 91.4 cm³/mol. The fraction of sp³-hybridized carbons (Fsp3) is 0.389. The van der Waals surface area contributed by atoms with E-state index in [9.17, 15) is 9.59 Å². The number of hydrogen-bond acceptors (Lipinski definition) is 3. The first-order valence-electron chi connectivity index (χ1n) is 7.92. The zero-order valence-electron chi connectivity index (χ0n) is 14.5. The lowest BCUT2D eigenvalue weighted by atomic mass is 10.1. The molecule has 2 rings (SSSR count). The quantitative estimate of drug-likeness (QED) is 0.884. The smallest absolute Gasteiger partial charge is 0.323 e. The number of benzene rings is 1. The molecule has 0 saturated heterocycles. The number of rotatable bonds is 6. The number of carbonyl (C=O) groups excluding carboxylic acids is 1. The lowest BCUT2D eigenvalue weighted by molar-refractivity contribution is -0.137. The Morgan fingerprint density at radius 2 is 2.00 bits per heavy atom. The summed E-state index contributed by atoms with van der Waals surface area (Å²) in [6.07, 6.45) is 1.51. The average molecular weight is 329 g/mol. The summed E-state index contributed by atoms with van der Waals surface area (Å²) < 4.78 is 1.70. The number of carbonyl (C=O) groups is 2. The van der Waals surface area contributed by atoms with Crippen LogP contribution >= 0.6 is 0 Å². The van der Waals surface area contributed by atoms with Gasteiger partial charge in [-0.25, -0.2) is 4.68 Å². The second-order valence-electron chi connectivity index (χ2n) is 6.37. The lowest BCUT2D eigenvalue weighted by Gasteiger charge is -2.22. The Balaban J connectivity index is 2.34. The first kappa shape index (κ1) is 17.7. The van der Waals surface area contributed by atoms with E-state index in [-0.39, 0.29) is 18.4 Å². The number of carboxylic acids is 1. The van der Waals surface area contributed by atoms with Gasteiger partial charge in [0.2, 0.25) is 0 Å². The maximum atomic E-state index is 12.8. The monoisotopic (exact) mass is 329 g/mol. The Hall–Kier alpha value is -2.63. The highest BCUT2D eigenvalue weighted by Crippen LogP contribution is 2.17. The summed E-state index contributed by atoms with van der Waals surface area (Å²) in [5.74, 6) is -1.14. The van der Waals surface area contributed by atoms with Crippen molar-refractivity contribution in [2.45, 2.75) is 27.7 Å². The molecule has 0 unspecified atom stereocenters. The van der Waals surface area contributed by atoms with Crippen LogP contribution in [0.15, 0.2) is 30.5 Å². The SMILES string of the molecule is Cc1cccc(-n2ncc(C(=O)N(CC(=O)O)CC(C)C)c2C)c1. The molecule has 6 heteroatoms. The molecule has 1 aromatic carbocycles. The van der Waals surface area contributed by atoms with Gasteiger partial charge >= 0.3 is 5.97 Å². The summed E-state index contributed by atoms with van der Waals surface area (Å²) >= 11 is 0. The van der Waals surface area contributed by atoms with Crippen LogP contribution in [0.25, 0.3) is 5.69 Å². The van der Waals surface area contributed by atoms with Gasteiger partial charge in [0.25, 0.3) is 5.91 Å². The van der Waals surface area contributed by atoms with E-state index in [0.717, 1.165) is 11.3 Å². The van der Waals surface area contributed by atoms with Crippen molar-refractivity contribution in [2.75, 3.05) is 13.1 Å². The van der Waals surface area contributed by atoms with Crippen molar-refractivity contribution in [3.05, 3.63) is 47.3 Å². The summed E-state index contributed by atoms with van der Waals surface area (Å²) in [5.41, 5.74) is 3.10. The Bertz CT molecular complexity index is 750. The van der Waals surface area contributed by atoms with Crippen LogP contribution < -0.4 is 0 Å². The summed E-state index contributed by atoms with van der Waals surface area (Å²) in [6, 6.07) is 7.83.